The molecule has 0 aliphatic carbocycles. The molecule has 0 spiro atoms. The fourth-order valence-corrected chi connectivity index (χ4v) is 12.0. The molecule has 0 radical (unpaired) electrons. The molecule has 1 amide bonds. The van der Waals surface area contributed by atoms with Crippen molar-refractivity contribution in [3.05, 3.63) is 72.9 Å². The Kier molecular flexibility index (Phi) is 66.4. The van der Waals surface area contributed by atoms with E-state index >= 15 is 0 Å². The first kappa shape index (κ1) is 86.5. The molecule has 89 heavy (non-hydrogen) atoms. The van der Waals surface area contributed by atoms with Crippen molar-refractivity contribution >= 4 is 19.7 Å². The summed E-state index contributed by atoms with van der Waals surface area (Å²) < 4.78 is 30.9. The van der Waals surface area contributed by atoms with Gasteiger partial charge < -0.3 is 19.4 Å². The lowest BCUT2D eigenvalue weighted by Gasteiger charge is -2.27. The summed E-state index contributed by atoms with van der Waals surface area (Å²) >= 11 is 0. The van der Waals surface area contributed by atoms with Crippen molar-refractivity contribution in [2.45, 2.75) is 380 Å². The smallest absolute Gasteiger partial charge is 0.456 e. The second-order valence-electron chi connectivity index (χ2n) is 27.2. The first-order chi connectivity index (χ1) is 43.4. The molecule has 520 valence electrons. The number of likely N-dealkylation sites (N-methyl/N-ethyl adjacent to an activating group) is 1. The zero-order valence-corrected chi connectivity index (χ0v) is 60.6. The summed E-state index contributed by atoms with van der Waals surface area (Å²) in [6, 6.07) is -0.857. The number of ether oxygens (including phenoxy) is 1. The van der Waals surface area contributed by atoms with Crippen LogP contribution in [0.5, 0.6) is 0 Å². The zero-order chi connectivity index (χ0) is 64.9. The van der Waals surface area contributed by atoms with E-state index in [9.17, 15) is 19.0 Å². The van der Waals surface area contributed by atoms with Gasteiger partial charge in [-0.2, -0.15) is 0 Å². The van der Waals surface area contributed by atoms with E-state index in [0.29, 0.717) is 23.9 Å². The minimum absolute atomic E-state index is 0.0372. The average Bonchev–Trinajstić information content (AvgIpc) is 3.64. The highest BCUT2D eigenvalue weighted by molar-refractivity contribution is 7.47. The van der Waals surface area contributed by atoms with Gasteiger partial charge in [0.15, 0.2) is 0 Å². The lowest BCUT2D eigenvalue weighted by molar-refractivity contribution is -0.870. The van der Waals surface area contributed by atoms with E-state index in [1.54, 1.807) is 0 Å². The quantitative estimate of drug-likeness (QED) is 0.0205. The summed E-state index contributed by atoms with van der Waals surface area (Å²) in [4.78, 5) is 38.0. The number of amides is 1. The van der Waals surface area contributed by atoms with E-state index in [2.05, 4.69) is 86.8 Å². The van der Waals surface area contributed by atoms with Gasteiger partial charge in [0.25, 0.3) is 0 Å². The number of esters is 1. The molecule has 0 saturated carbocycles. The van der Waals surface area contributed by atoms with Crippen LogP contribution in [0.2, 0.25) is 0 Å². The van der Waals surface area contributed by atoms with Gasteiger partial charge in [0.2, 0.25) is 5.91 Å². The van der Waals surface area contributed by atoms with E-state index in [1.807, 2.05) is 33.3 Å². The Morgan fingerprint density at radius 2 is 0.685 bits per heavy atom. The Bertz CT molecular complexity index is 1750. The molecular weight excluding hydrogens is 1120 g/mol. The lowest BCUT2D eigenvalue weighted by atomic mass is 10.0. The maximum absolute atomic E-state index is 13.6. The number of allylic oxidation sites excluding steroid dienone is 11. The fraction of sp³-hybridized carbons (Fsp3) is 0.823. The number of carbonyl (C=O) groups is 2. The number of hydrogen-bond acceptors (Lipinski definition) is 6. The lowest BCUT2D eigenvalue weighted by Crippen LogP contribution is -2.47. The van der Waals surface area contributed by atoms with Crippen molar-refractivity contribution in [3.8, 4) is 0 Å². The maximum atomic E-state index is 13.6. The number of hydrogen-bond donors (Lipinski definition) is 2. The summed E-state index contributed by atoms with van der Waals surface area (Å²) in [5, 5.41) is 3.07. The predicted octanol–water partition coefficient (Wildman–Crippen LogP) is 24.7. The van der Waals surface area contributed by atoms with Gasteiger partial charge in [-0.15, -0.1) is 0 Å². The van der Waals surface area contributed by atoms with Gasteiger partial charge in [0, 0.05) is 12.8 Å². The second kappa shape index (κ2) is 68.3. The molecule has 0 aromatic heterocycles. The van der Waals surface area contributed by atoms with Crippen LogP contribution in [0.3, 0.4) is 0 Å². The number of unbranched alkanes of at least 4 members (excludes halogenated alkanes) is 44. The van der Waals surface area contributed by atoms with Gasteiger partial charge in [-0.05, 0) is 102 Å². The van der Waals surface area contributed by atoms with Gasteiger partial charge >= 0.3 is 13.8 Å². The molecule has 0 saturated heterocycles. The van der Waals surface area contributed by atoms with E-state index in [-0.39, 0.29) is 25.1 Å². The molecule has 0 heterocycles. The zero-order valence-electron chi connectivity index (χ0n) is 59.7. The highest BCUT2D eigenvalue weighted by Crippen LogP contribution is 2.43. The standard InChI is InChI=1S/C79H147N2O7P/c1-7-10-13-16-19-22-25-28-30-32-34-36-38-39-40-41-43-45-47-49-51-54-57-60-63-66-69-72-79(83)88-77(70-67-64-61-58-55-52-27-24-21-18-15-12-9-3)76(75-87-89(84,85)86-74-73-81(4,5)6)80-78(82)71-68-65-62-59-56-53-50-48-46-44-42-37-35-33-31-29-26-23-20-17-14-11-8-2/h20,23,28-31,35,37,44,46,67,70,76-77H,7-19,21-22,24-27,32-34,36,38-43,45,47-66,68-69,71-75H2,1-6H3,(H-,80,82,84,85)/p+1/b23-20-,30-28+,31-29-,37-35-,46-44-,70-67+. The Morgan fingerprint density at radius 3 is 1.06 bits per heavy atom. The first-order valence-electron chi connectivity index (χ1n) is 38.3. The maximum Gasteiger partial charge on any atom is 0.472 e. The van der Waals surface area contributed by atoms with Crippen LogP contribution in [0, 0.1) is 0 Å². The van der Waals surface area contributed by atoms with Crippen LogP contribution in [-0.4, -0.2) is 74.3 Å². The average molecular weight is 1270 g/mol. The number of phosphoric ester groups is 1. The third-order valence-corrected chi connectivity index (χ3v) is 18.1. The summed E-state index contributed by atoms with van der Waals surface area (Å²) in [6.07, 6.45) is 90.7. The Morgan fingerprint density at radius 1 is 0.393 bits per heavy atom. The monoisotopic (exact) mass is 1270 g/mol. The summed E-state index contributed by atoms with van der Waals surface area (Å²) in [7, 11) is 1.50. The Labute approximate surface area is 553 Å². The largest absolute Gasteiger partial charge is 0.472 e. The number of carbonyl (C=O) groups excluding carboxylic acids is 2. The van der Waals surface area contributed by atoms with Crippen molar-refractivity contribution in [3.63, 3.8) is 0 Å². The van der Waals surface area contributed by atoms with Crippen LogP contribution in [0.4, 0.5) is 0 Å². The molecule has 3 unspecified atom stereocenters. The van der Waals surface area contributed by atoms with Crippen LogP contribution in [-0.2, 0) is 27.9 Å². The minimum atomic E-state index is -4.46. The summed E-state index contributed by atoms with van der Waals surface area (Å²) in [6.45, 7) is 7.02. The Balaban J connectivity index is 5.02. The van der Waals surface area contributed by atoms with Gasteiger partial charge in [-0.3, -0.25) is 18.6 Å². The number of nitrogens with zero attached hydrogens (tertiary/aromatic N) is 1. The molecule has 0 aromatic rings. The molecular formula is C79H148N2O7P+. The van der Waals surface area contributed by atoms with Crippen LogP contribution < -0.4 is 5.32 Å². The fourth-order valence-electron chi connectivity index (χ4n) is 11.2. The molecule has 9 nitrogen and oxygen atoms in total. The topological polar surface area (TPSA) is 111 Å². The van der Waals surface area contributed by atoms with Gasteiger partial charge in [0.05, 0.1) is 33.8 Å². The molecule has 3 atom stereocenters. The number of nitrogens with one attached hydrogen (secondary N) is 1. The normalized spacial score (nSPS) is 13.8. The highest BCUT2D eigenvalue weighted by atomic mass is 31.2. The minimum Gasteiger partial charge on any atom is -0.456 e. The SMILES string of the molecule is CCCCC/C=C\C/C=C\C/C=C\C/C=C\CCCCCCCCCC(=O)NC(COP(=O)(O)OCC[N+](C)(C)C)C(/C=C/CCCCCCCCCCCCC)OC(=O)CCCCCCCCCCCCCCCCCCC/C=C/CCCCCCCC. The molecule has 0 fully saturated rings. The molecule has 0 aromatic carbocycles. The van der Waals surface area contributed by atoms with Gasteiger partial charge in [-0.1, -0.05) is 325 Å². The van der Waals surface area contributed by atoms with Gasteiger partial charge in [-0.25, -0.2) is 4.57 Å². The van der Waals surface area contributed by atoms with Crippen molar-refractivity contribution in [1.82, 2.24) is 5.32 Å². The van der Waals surface area contributed by atoms with Crippen LogP contribution in [0.1, 0.15) is 367 Å². The number of phosphoric acid groups is 1. The van der Waals surface area contributed by atoms with Crippen LogP contribution >= 0.6 is 7.82 Å². The molecule has 0 rings (SSSR count). The number of quaternary nitrogens is 1. The number of rotatable bonds is 70. The van der Waals surface area contributed by atoms with E-state index in [1.165, 1.54) is 244 Å². The van der Waals surface area contributed by atoms with Crippen molar-refractivity contribution in [2.75, 3.05) is 40.9 Å². The highest BCUT2D eigenvalue weighted by Gasteiger charge is 2.30. The van der Waals surface area contributed by atoms with E-state index in [4.69, 9.17) is 13.8 Å². The van der Waals surface area contributed by atoms with E-state index < -0.39 is 20.0 Å². The molecule has 2 N–H and O–H groups in total. The summed E-state index contributed by atoms with van der Waals surface area (Å²) in [5.74, 6) is -0.503. The second-order valence-corrected chi connectivity index (χ2v) is 28.6. The molecule has 0 bridgehead atoms. The van der Waals surface area contributed by atoms with Crippen molar-refractivity contribution < 1.29 is 37.3 Å². The van der Waals surface area contributed by atoms with Gasteiger partial charge in [0.1, 0.15) is 19.3 Å². The van der Waals surface area contributed by atoms with Crippen LogP contribution in [0.15, 0.2) is 72.9 Å². The van der Waals surface area contributed by atoms with E-state index in [0.717, 1.165) is 89.9 Å². The molecule has 0 aliphatic rings. The Hall–Kier alpha value is -2.55. The third kappa shape index (κ3) is 69.6. The first-order valence-corrected chi connectivity index (χ1v) is 39.8. The van der Waals surface area contributed by atoms with Crippen molar-refractivity contribution in [1.29, 1.82) is 0 Å². The summed E-state index contributed by atoms with van der Waals surface area (Å²) in [5.41, 5.74) is 0. The predicted molar refractivity (Wildman–Crippen MR) is 388 cm³/mol. The third-order valence-electron chi connectivity index (χ3n) is 17.1. The van der Waals surface area contributed by atoms with Crippen molar-refractivity contribution in [2.24, 2.45) is 0 Å². The molecule has 10 heteroatoms. The molecule has 0 aliphatic heterocycles. The van der Waals surface area contributed by atoms with Crippen LogP contribution in [0.25, 0.3) is 0 Å².